The fourth-order valence-corrected chi connectivity index (χ4v) is 2.96. The molecule has 0 unspecified atom stereocenters. The fraction of sp³-hybridized carbons (Fsp3) is 0.125. The van der Waals surface area contributed by atoms with E-state index in [4.69, 9.17) is 9.15 Å². The van der Waals surface area contributed by atoms with Crippen LogP contribution in [0.15, 0.2) is 83.3 Å². The largest absolute Gasteiger partial charge is 0.493 e. The number of carbonyl (C=O) groups excluding carboxylic acids is 1. The van der Waals surface area contributed by atoms with Crippen LogP contribution < -0.4 is 10.1 Å². The Balaban J connectivity index is 1.36. The molecule has 6 heteroatoms. The van der Waals surface area contributed by atoms with Crippen molar-refractivity contribution >= 4 is 11.6 Å². The molecular formula is C24H21N3O3. The van der Waals surface area contributed by atoms with Gasteiger partial charge in [-0.25, -0.2) is 0 Å². The van der Waals surface area contributed by atoms with Crippen LogP contribution in [0.25, 0.3) is 22.9 Å². The van der Waals surface area contributed by atoms with Crippen molar-refractivity contribution in [2.24, 2.45) is 0 Å². The van der Waals surface area contributed by atoms with Gasteiger partial charge in [0.15, 0.2) is 0 Å². The first-order valence-corrected chi connectivity index (χ1v) is 9.66. The molecule has 4 aromatic rings. The smallest absolute Gasteiger partial charge is 0.248 e. The first kappa shape index (κ1) is 19.4. The molecule has 6 nitrogen and oxygen atoms in total. The van der Waals surface area contributed by atoms with Gasteiger partial charge in [-0.15, -0.1) is 10.2 Å². The number of aromatic nitrogens is 2. The van der Waals surface area contributed by atoms with E-state index in [0.717, 1.165) is 22.4 Å². The van der Waals surface area contributed by atoms with E-state index in [1.54, 1.807) is 0 Å². The molecule has 3 aromatic carbocycles. The molecule has 0 aliphatic carbocycles. The summed E-state index contributed by atoms with van der Waals surface area (Å²) in [4.78, 5) is 12.3. The minimum absolute atomic E-state index is 0.129. The fourth-order valence-electron chi connectivity index (χ4n) is 2.96. The summed E-state index contributed by atoms with van der Waals surface area (Å²) >= 11 is 0. The molecule has 0 saturated heterocycles. The average molecular weight is 399 g/mol. The van der Waals surface area contributed by atoms with E-state index in [2.05, 4.69) is 15.5 Å². The average Bonchev–Trinajstić information content (AvgIpc) is 3.25. The molecule has 30 heavy (non-hydrogen) atoms. The van der Waals surface area contributed by atoms with Crippen molar-refractivity contribution in [3.63, 3.8) is 0 Å². The number of nitrogens with one attached hydrogen (secondary N) is 1. The lowest BCUT2D eigenvalue weighted by Gasteiger charge is -2.08. The first-order valence-electron chi connectivity index (χ1n) is 9.66. The number of anilines is 1. The number of nitrogens with zero attached hydrogens (tertiary/aromatic N) is 2. The van der Waals surface area contributed by atoms with Crippen LogP contribution in [0.1, 0.15) is 12.0 Å². The van der Waals surface area contributed by atoms with Crippen molar-refractivity contribution in [3.05, 3.63) is 84.4 Å². The third-order valence-electron chi connectivity index (χ3n) is 4.43. The summed E-state index contributed by atoms with van der Waals surface area (Å²) in [7, 11) is 0. The van der Waals surface area contributed by atoms with Crippen LogP contribution in [0.4, 0.5) is 5.69 Å². The number of hydrogen-bond acceptors (Lipinski definition) is 5. The highest BCUT2D eigenvalue weighted by molar-refractivity contribution is 5.91. The lowest BCUT2D eigenvalue weighted by Crippen LogP contribution is -2.15. The van der Waals surface area contributed by atoms with Crippen LogP contribution in [0.2, 0.25) is 0 Å². The Hall–Kier alpha value is -3.93. The third-order valence-corrected chi connectivity index (χ3v) is 4.43. The third kappa shape index (κ3) is 4.91. The number of carbonyl (C=O) groups is 1. The Morgan fingerprint density at radius 3 is 2.43 bits per heavy atom. The van der Waals surface area contributed by atoms with E-state index in [1.807, 2.05) is 85.8 Å². The number of ether oxygens (including phenoxy) is 1. The zero-order valence-electron chi connectivity index (χ0n) is 16.5. The summed E-state index contributed by atoms with van der Waals surface area (Å²) in [5, 5.41) is 11.1. The second kappa shape index (κ2) is 9.05. The summed E-state index contributed by atoms with van der Waals surface area (Å²) in [5.74, 6) is 1.48. The van der Waals surface area contributed by atoms with Crippen molar-refractivity contribution in [1.29, 1.82) is 0 Å². The molecule has 0 saturated carbocycles. The molecular weight excluding hydrogens is 378 g/mol. The quantitative estimate of drug-likeness (QED) is 0.467. The predicted molar refractivity (Wildman–Crippen MR) is 115 cm³/mol. The molecule has 0 aliphatic heterocycles. The highest BCUT2D eigenvalue weighted by Crippen LogP contribution is 2.25. The van der Waals surface area contributed by atoms with E-state index >= 15 is 0 Å². The Bertz CT molecular complexity index is 1140. The van der Waals surface area contributed by atoms with Gasteiger partial charge in [-0.3, -0.25) is 4.79 Å². The molecule has 0 fully saturated rings. The molecule has 0 spiro atoms. The molecule has 0 bridgehead atoms. The second-order valence-electron chi connectivity index (χ2n) is 6.82. The van der Waals surface area contributed by atoms with Crippen molar-refractivity contribution in [3.8, 4) is 28.7 Å². The molecule has 0 aliphatic rings. The lowest BCUT2D eigenvalue weighted by molar-refractivity contribution is -0.116. The number of amides is 1. The predicted octanol–water partition coefficient (Wildman–Crippen LogP) is 5.12. The molecule has 0 atom stereocenters. The SMILES string of the molecule is Cc1cccc(OCCC(=O)Nc2cccc(-c3nnc(-c4ccccc4)o3)c2)c1. The Kier molecular flexibility index (Phi) is 5.85. The maximum Gasteiger partial charge on any atom is 0.248 e. The summed E-state index contributed by atoms with van der Waals surface area (Å²) < 4.78 is 11.4. The van der Waals surface area contributed by atoms with Gasteiger partial charge in [-0.1, -0.05) is 36.4 Å². The second-order valence-corrected chi connectivity index (χ2v) is 6.82. The maximum absolute atomic E-state index is 12.3. The van der Waals surface area contributed by atoms with Gasteiger partial charge in [-0.05, 0) is 55.0 Å². The van der Waals surface area contributed by atoms with Gasteiger partial charge >= 0.3 is 0 Å². The molecule has 1 N–H and O–H groups in total. The van der Waals surface area contributed by atoms with Gasteiger partial charge < -0.3 is 14.5 Å². The van der Waals surface area contributed by atoms with Crippen LogP contribution >= 0.6 is 0 Å². The summed E-state index contributed by atoms with van der Waals surface area (Å²) in [5.41, 5.74) is 3.37. The molecule has 4 rings (SSSR count). The highest BCUT2D eigenvalue weighted by atomic mass is 16.5. The molecule has 1 amide bonds. The van der Waals surface area contributed by atoms with E-state index in [9.17, 15) is 4.79 Å². The van der Waals surface area contributed by atoms with Crippen molar-refractivity contribution in [2.75, 3.05) is 11.9 Å². The Labute approximate surface area is 174 Å². The number of rotatable bonds is 7. The van der Waals surface area contributed by atoms with Gasteiger partial charge in [0.05, 0.1) is 13.0 Å². The number of hydrogen-bond donors (Lipinski definition) is 1. The van der Waals surface area contributed by atoms with Crippen molar-refractivity contribution in [2.45, 2.75) is 13.3 Å². The Morgan fingerprint density at radius 1 is 0.900 bits per heavy atom. The topological polar surface area (TPSA) is 77.2 Å². The maximum atomic E-state index is 12.3. The van der Waals surface area contributed by atoms with Crippen LogP contribution in [-0.2, 0) is 4.79 Å². The summed E-state index contributed by atoms with van der Waals surface area (Å²) in [6, 6.07) is 24.6. The number of aryl methyl sites for hydroxylation is 1. The van der Waals surface area contributed by atoms with Crippen LogP contribution in [0.3, 0.4) is 0 Å². The zero-order chi connectivity index (χ0) is 20.8. The number of benzene rings is 3. The van der Waals surface area contributed by atoms with E-state index < -0.39 is 0 Å². The standard InChI is InChI=1S/C24H21N3O3/c1-17-7-5-12-21(15-17)29-14-13-22(28)25-20-11-6-10-19(16-20)24-27-26-23(30-24)18-8-3-2-4-9-18/h2-12,15-16H,13-14H2,1H3,(H,25,28). The first-order chi connectivity index (χ1) is 14.7. The van der Waals surface area contributed by atoms with Crippen LogP contribution in [-0.4, -0.2) is 22.7 Å². The van der Waals surface area contributed by atoms with Gasteiger partial charge in [0.1, 0.15) is 5.75 Å². The monoisotopic (exact) mass is 399 g/mol. The summed E-state index contributed by atoms with van der Waals surface area (Å²) in [6.07, 6.45) is 0.247. The normalized spacial score (nSPS) is 10.6. The molecule has 150 valence electrons. The van der Waals surface area contributed by atoms with Gasteiger partial charge in [0.25, 0.3) is 0 Å². The van der Waals surface area contributed by atoms with Crippen molar-refractivity contribution in [1.82, 2.24) is 10.2 Å². The van der Waals surface area contributed by atoms with Gasteiger partial charge in [-0.2, -0.15) is 0 Å². The van der Waals surface area contributed by atoms with E-state index in [0.29, 0.717) is 24.1 Å². The zero-order valence-corrected chi connectivity index (χ0v) is 16.5. The minimum atomic E-state index is -0.129. The molecule has 1 aromatic heterocycles. The van der Waals surface area contributed by atoms with E-state index in [1.165, 1.54) is 0 Å². The van der Waals surface area contributed by atoms with Gasteiger partial charge in [0.2, 0.25) is 17.7 Å². The highest BCUT2D eigenvalue weighted by Gasteiger charge is 2.11. The van der Waals surface area contributed by atoms with E-state index in [-0.39, 0.29) is 12.3 Å². The molecule has 1 heterocycles. The van der Waals surface area contributed by atoms with Crippen molar-refractivity contribution < 1.29 is 13.9 Å². The molecule has 0 radical (unpaired) electrons. The summed E-state index contributed by atoms with van der Waals surface area (Å²) in [6.45, 7) is 2.30. The lowest BCUT2D eigenvalue weighted by atomic mass is 10.2. The van der Waals surface area contributed by atoms with Gasteiger partial charge in [0, 0.05) is 16.8 Å². The van der Waals surface area contributed by atoms with Crippen LogP contribution in [0, 0.1) is 6.92 Å². The van der Waals surface area contributed by atoms with Crippen LogP contribution in [0.5, 0.6) is 5.75 Å². The minimum Gasteiger partial charge on any atom is -0.493 e. The Morgan fingerprint density at radius 2 is 1.63 bits per heavy atom.